The molecule has 0 atom stereocenters. The number of nitrogens with zero attached hydrogens (tertiary/aromatic N) is 2. The predicted octanol–water partition coefficient (Wildman–Crippen LogP) is 3.61. The second-order valence-corrected chi connectivity index (χ2v) is 6.13. The third kappa shape index (κ3) is 3.30. The number of carbonyl (C=O) groups is 1. The Bertz CT molecular complexity index is 646. The van der Waals surface area contributed by atoms with Crippen LogP contribution < -0.4 is 0 Å². The lowest BCUT2D eigenvalue weighted by Gasteiger charge is -2.19. The number of rotatable bonds is 3. The SMILES string of the molecule is Cc1nn(SF)c2cc(CC(=O)OC(C)(C)C)ccc12. The van der Waals surface area contributed by atoms with Gasteiger partial charge >= 0.3 is 5.97 Å². The summed E-state index contributed by atoms with van der Waals surface area (Å²) in [6.07, 6.45) is 0.161. The Balaban J connectivity index is 2.26. The van der Waals surface area contributed by atoms with Gasteiger partial charge in [-0.3, -0.25) is 4.79 Å². The first-order valence-corrected chi connectivity index (χ1v) is 6.97. The van der Waals surface area contributed by atoms with Gasteiger partial charge in [-0.05, 0) is 39.3 Å². The van der Waals surface area contributed by atoms with Crippen LogP contribution in [0.4, 0.5) is 3.89 Å². The normalized spacial score (nSPS) is 11.8. The second kappa shape index (κ2) is 5.44. The van der Waals surface area contributed by atoms with Gasteiger partial charge in [0, 0.05) is 5.39 Å². The number of fused-ring (bicyclic) bond motifs is 1. The van der Waals surface area contributed by atoms with Crippen LogP contribution in [-0.4, -0.2) is 20.8 Å². The molecule has 0 aliphatic rings. The maximum Gasteiger partial charge on any atom is 0.310 e. The molecule has 0 saturated heterocycles. The van der Waals surface area contributed by atoms with Crippen molar-refractivity contribution in [1.29, 1.82) is 0 Å². The molecule has 0 fully saturated rings. The number of hydrogen-bond acceptors (Lipinski definition) is 4. The van der Waals surface area contributed by atoms with Crippen LogP contribution >= 0.6 is 12.3 Å². The molecule has 108 valence electrons. The molecule has 0 unspecified atom stereocenters. The number of esters is 1. The van der Waals surface area contributed by atoms with Crippen LogP contribution in [0, 0.1) is 6.92 Å². The van der Waals surface area contributed by atoms with Crippen LogP contribution in [-0.2, 0) is 16.0 Å². The summed E-state index contributed by atoms with van der Waals surface area (Å²) >= 11 is 0.0461. The fourth-order valence-electron chi connectivity index (χ4n) is 1.99. The Morgan fingerprint density at radius 1 is 1.45 bits per heavy atom. The van der Waals surface area contributed by atoms with Gasteiger partial charge in [-0.1, -0.05) is 12.1 Å². The van der Waals surface area contributed by atoms with E-state index >= 15 is 0 Å². The zero-order chi connectivity index (χ0) is 14.9. The van der Waals surface area contributed by atoms with Crippen LogP contribution in [0.25, 0.3) is 10.9 Å². The average molecular weight is 296 g/mol. The summed E-state index contributed by atoms with van der Waals surface area (Å²) in [5.74, 6) is -0.299. The van der Waals surface area contributed by atoms with Gasteiger partial charge in [-0.2, -0.15) is 9.19 Å². The number of ether oxygens (including phenoxy) is 1. The Labute approximate surface area is 121 Å². The maximum absolute atomic E-state index is 12.8. The molecule has 20 heavy (non-hydrogen) atoms. The van der Waals surface area contributed by atoms with Crippen LogP contribution in [0.1, 0.15) is 32.0 Å². The van der Waals surface area contributed by atoms with Gasteiger partial charge in [0.15, 0.2) is 12.3 Å². The van der Waals surface area contributed by atoms with Crippen molar-refractivity contribution in [2.24, 2.45) is 0 Å². The molecule has 0 N–H and O–H groups in total. The van der Waals surface area contributed by atoms with E-state index in [0.717, 1.165) is 16.6 Å². The topological polar surface area (TPSA) is 44.1 Å². The van der Waals surface area contributed by atoms with Gasteiger partial charge in [-0.25, -0.2) is 0 Å². The summed E-state index contributed by atoms with van der Waals surface area (Å²) in [5.41, 5.74) is 1.70. The molecule has 2 aromatic rings. The van der Waals surface area contributed by atoms with Gasteiger partial charge in [0.25, 0.3) is 0 Å². The van der Waals surface area contributed by atoms with E-state index in [0.29, 0.717) is 5.52 Å². The highest BCUT2D eigenvalue weighted by Crippen LogP contribution is 2.24. The quantitative estimate of drug-likeness (QED) is 0.812. The summed E-state index contributed by atoms with van der Waals surface area (Å²) in [6, 6.07) is 5.46. The van der Waals surface area contributed by atoms with E-state index in [9.17, 15) is 8.68 Å². The smallest absolute Gasteiger partial charge is 0.310 e. The molecule has 0 aliphatic carbocycles. The van der Waals surface area contributed by atoms with Gasteiger partial charge < -0.3 is 4.74 Å². The van der Waals surface area contributed by atoms with Crippen molar-refractivity contribution < 1.29 is 13.4 Å². The van der Waals surface area contributed by atoms with Gasteiger partial charge in [0.05, 0.1) is 17.6 Å². The lowest BCUT2D eigenvalue weighted by atomic mass is 10.1. The molecule has 1 aromatic heterocycles. The van der Waals surface area contributed by atoms with Gasteiger partial charge in [-0.15, -0.1) is 3.89 Å². The number of hydrogen-bond donors (Lipinski definition) is 0. The molecule has 1 aromatic carbocycles. The molecule has 0 bridgehead atoms. The predicted molar refractivity (Wildman–Crippen MR) is 78.1 cm³/mol. The monoisotopic (exact) mass is 296 g/mol. The third-order valence-corrected chi connectivity index (χ3v) is 3.14. The molecule has 0 amide bonds. The van der Waals surface area contributed by atoms with Crippen LogP contribution in [0.2, 0.25) is 0 Å². The van der Waals surface area contributed by atoms with Crippen LogP contribution in [0.5, 0.6) is 0 Å². The molecule has 0 saturated carbocycles. The summed E-state index contributed by atoms with van der Waals surface area (Å²) in [6.45, 7) is 7.30. The zero-order valence-corrected chi connectivity index (χ0v) is 12.8. The minimum atomic E-state index is -0.506. The number of carbonyl (C=O) groups excluding carboxylic acids is 1. The second-order valence-electron chi connectivity index (χ2n) is 5.64. The lowest BCUT2D eigenvalue weighted by molar-refractivity contribution is -0.153. The zero-order valence-electron chi connectivity index (χ0n) is 11.9. The van der Waals surface area contributed by atoms with Crippen molar-refractivity contribution in [2.45, 2.75) is 39.7 Å². The van der Waals surface area contributed by atoms with E-state index in [4.69, 9.17) is 4.74 Å². The van der Waals surface area contributed by atoms with Crippen molar-refractivity contribution in [1.82, 2.24) is 9.19 Å². The highest BCUT2D eigenvalue weighted by molar-refractivity contribution is 7.92. The van der Waals surface area contributed by atoms with Crippen molar-refractivity contribution in [2.75, 3.05) is 0 Å². The minimum Gasteiger partial charge on any atom is -0.460 e. The molecular weight excluding hydrogens is 279 g/mol. The van der Waals surface area contributed by atoms with Crippen molar-refractivity contribution in [3.63, 3.8) is 0 Å². The van der Waals surface area contributed by atoms with E-state index in [1.807, 2.05) is 39.8 Å². The fraction of sp³-hybridized carbons (Fsp3) is 0.429. The molecule has 0 radical (unpaired) electrons. The van der Waals surface area contributed by atoms with E-state index in [1.165, 1.54) is 4.09 Å². The van der Waals surface area contributed by atoms with E-state index in [2.05, 4.69) is 5.10 Å². The highest BCUT2D eigenvalue weighted by Gasteiger charge is 2.17. The van der Waals surface area contributed by atoms with Gasteiger partial charge in [0.1, 0.15) is 5.60 Å². The van der Waals surface area contributed by atoms with Crippen LogP contribution in [0.15, 0.2) is 18.2 Å². The van der Waals surface area contributed by atoms with Crippen molar-refractivity contribution >= 4 is 29.2 Å². The number of aromatic nitrogens is 2. The van der Waals surface area contributed by atoms with Crippen LogP contribution in [0.3, 0.4) is 0 Å². The number of benzene rings is 1. The van der Waals surface area contributed by atoms with Crippen molar-refractivity contribution in [3.05, 3.63) is 29.5 Å². The number of halogens is 1. The fourth-order valence-corrected chi connectivity index (χ4v) is 2.37. The first-order valence-electron chi connectivity index (χ1n) is 6.29. The van der Waals surface area contributed by atoms with E-state index in [1.54, 1.807) is 6.07 Å². The lowest BCUT2D eigenvalue weighted by Crippen LogP contribution is -2.24. The van der Waals surface area contributed by atoms with Gasteiger partial charge in [0.2, 0.25) is 0 Å². The van der Waals surface area contributed by atoms with E-state index in [-0.39, 0.29) is 24.7 Å². The largest absolute Gasteiger partial charge is 0.460 e. The van der Waals surface area contributed by atoms with Crippen molar-refractivity contribution in [3.8, 4) is 0 Å². The first-order chi connectivity index (χ1) is 9.30. The Morgan fingerprint density at radius 3 is 2.75 bits per heavy atom. The molecule has 0 aliphatic heterocycles. The molecule has 6 heteroatoms. The Hall–Kier alpha value is -1.56. The maximum atomic E-state index is 12.8. The highest BCUT2D eigenvalue weighted by atomic mass is 32.2. The molecular formula is C14H17FN2O2S. The minimum absolute atomic E-state index is 0.0461. The third-order valence-electron chi connectivity index (χ3n) is 2.73. The summed E-state index contributed by atoms with van der Waals surface area (Å²) in [5, 5.41) is 4.95. The summed E-state index contributed by atoms with van der Waals surface area (Å²) < 4.78 is 19.3. The summed E-state index contributed by atoms with van der Waals surface area (Å²) in [4.78, 5) is 11.8. The number of aryl methyl sites for hydroxylation is 1. The Kier molecular flexibility index (Phi) is 4.04. The van der Waals surface area contributed by atoms with E-state index < -0.39 is 5.60 Å². The molecule has 2 rings (SSSR count). The standard InChI is InChI=1S/C14H17FN2O2S/c1-9-11-6-5-10(7-12(11)17(16-9)20-15)8-13(18)19-14(2,3)4/h5-7H,8H2,1-4H3. The molecule has 4 nitrogen and oxygen atoms in total. The Morgan fingerprint density at radius 2 is 2.15 bits per heavy atom. The molecule has 0 spiro atoms. The average Bonchev–Trinajstić information content (AvgIpc) is 2.63. The first kappa shape index (κ1) is 14.8. The molecule has 1 heterocycles. The summed E-state index contributed by atoms with van der Waals surface area (Å²) in [7, 11) is 0.